The van der Waals surface area contributed by atoms with Crippen molar-refractivity contribution in [2.75, 3.05) is 26.3 Å². The second kappa shape index (κ2) is 27.4. The number of rotatable bonds is 27. The van der Waals surface area contributed by atoms with Gasteiger partial charge in [-0.25, -0.2) is 0 Å². The average molecular weight is 531 g/mol. The third-order valence-corrected chi connectivity index (χ3v) is 6.40. The van der Waals surface area contributed by atoms with Gasteiger partial charge >= 0.3 is 17.9 Å². The van der Waals surface area contributed by atoms with E-state index in [9.17, 15) is 14.4 Å². The molecule has 8 heteroatoms. The lowest BCUT2D eigenvalue weighted by atomic mass is 10.0. The zero-order valence-corrected chi connectivity index (χ0v) is 23.9. The van der Waals surface area contributed by atoms with E-state index in [0.29, 0.717) is 32.4 Å². The third-order valence-electron chi connectivity index (χ3n) is 6.40. The molecule has 0 aliphatic heterocycles. The Morgan fingerprint density at radius 1 is 0.514 bits per heavy atom. The van der Waals surface area contributed by atoms with Crippen molar-refractivity contribution < 1.29 is 40.1 Å². The number of quaternary nitrogens is 2. The maximum Gasteiger partial charge on any atom is 0.306 e. The van der Waals surface area contributed by atoms with Gasteiger partial charge in [0.05, 0.1) is 25.9 Å². The molecule has 0 radical (unpaired) electrons. The summed E-state index contributed by atoms with van der Waals surface area (Å²) >= 11 is 0. The van der Waals surface area contributed by atoms with E-state index in [4.69, 9.17) is 14.2 Å². The zero-order valence-electron chi connectivity index (χ0n) is 23.9. The van der Waals surface area contributed by atoms with Gasteiger partial charge in [-0.05, 0) is 6.42 Å². The Morgan fingerprint density at radius 2 is 0.865 bits per heavy atom. The second-order valence-corrected chi connectivity index (χ2v) is 10.1. The molecule has 218 valence electrons. The van der Waals surface area contributed by atoms with Crippen LogP contribution < -0.4 is 11.5 Å². The lowest BCUT2D eigenvalue weighted by molar-refractivity contribution is -0.368. The van der Waals surface area contributed by atoms with E-state index in [1.165, 1.54) is 77.0 Å². The summed E-state index contributed by atoms with van der Waals surface area (Å²) in [5.41, 5.74) is 7.41. The molecule has 0 aromatic heterocycles. The van der Waals surface area contributed by atoms with E-state index in [-0.39, 0.29) is 38.0 Å². The van der Waals surface area contributed by atoms with Gasteiger partial charge in [-0.1, -0.05) is 96.8 Å². The van der Waals surface area contributed by atoms with Gasteiger partial charge in [0.1, 0.15) is 13.2 Å². The molecule has 0 fully saturated rings. The van der Waals surface area contributed by atoms with Crippen molar-refractivity contribution in [1.82, 2.24) is 0 Å². The minimum absolute atomic E-state index is 0.101. The fraction of sp³-hybridized carbons (Fsp3) is 0.897. The van der Waals surface area contributed by atoms with Crippen molar-refractivity contribution in [1.29, 1.82) is 0 Å². The number of hydrogen-bond donors (Lipinski definition) is 2. The first kappa shape index (κ1) is 35.3. The summed E-state index contributed by atoms with van der Waals surface area (Å²) in [6, 6.07) is 0. The largest absolute Gasteiger partial charge is 0.462 e. The predicted molar refractivity (Wildman–Crippen MR) is 145 cm³/mol. The van der Waals surface area contributed by atoms with Crippen LogP contribution in [0.15, 0.2) is 0 Å². The van der Waals surface area contributed by atoms with Gasteiger partial charge in [0.15, 0.2) is 6.10 Å². The summed E-state index contributed by atoms with van der Waals surface area (Å²) in [6.07, 6.45) is 20.5. The molecule has 0 aromatic rings. The highest BCUT2D eigenvalue weighted by Crippen LogP contribution is 2.14. The van der Waals surface area contributed by atoms with Gasteiger partial charge in [-0.3, -0.25) is 14.4 Å². The fourth-order valence-corrected chi connectivity index (χ4v) is 4.06. The van der Waals surface area contributed by atoms with Crippen LogP contribution in [0.3, 0.4) is 0 Å². The van der Waals surface area contributed by atoms with Crippen LogP contribution in [0.1, 0.15) is 135 Å². The number of unbranched alkanes of at least 4 members (excludes halogenated alkanes) is 14. The number of carbonyl (C=O) groups excluding carboxylic acids is 3. The molecule has 0 bridgehead atoms. The standard InChI is InChI=1S/C29H56N2O6/c1-2-3-4-5-6-7-8-9-10-11-12-13-14-15-16-19-27(32)35-24-26(37-29(34)21-18-23-31)25-36-28(33)20-17-22-30/h26H,2-25,30-31H2,1H3/p+2. The van der Waals surface area contributed by atoms with Gasteiger partial charge in [0, 0.05) is 19.3 Å². The minimum atomic E-state index is -0.786. The van der Waals surface area contributed by atoms with E-state index >= 15 is 0 Å². The molecule has 6 N–H and O–H groups in total. The molecular weight excluding hydrogens is 472 g/mol. The summed E-state index contributed by atoms with van der Waals surface area (Å²) in [4.78, 5) is 35.9. The Bertz CT molecular complexity index is 559. The highest BCUT2D eigenvalue weighted by Gasteiger charge is 2.19. The second-order valence-electron chi connectivity index (χ2n) is 10.1. The van der Waals surface area contributed by atoms with Crippen molar-refractivity contribution in [3.63, 3.8) is 0 Å². The fourth-order valence-electron chi connectivity index (χ4n) is 4.06. The molecule has 0 aliphatic carbocycles. The molecular formula is C29H58N2O6+2. The summed E-state index contributed by atoms with van der Waals surface area (Å²) in [7, 11) is 0. The molecule has 1 atom stereocenters. The van der Waals surface area contributed by atoms with E-state index in [1.807, 2.05) is 0 Å². The molecule has 8 nitrogen and oxygen atoms in total. The van der Waals surface area contributed by atoms with E-state index in [2.05, 4.69) is 18.4 Å². The molecule has 0 saturated heterocycles. The summed E-state index contributed by atoms with van der Waals surface area (Å²) in [5.74, 6) is -1.08. The molecule has 37 heavy (non-hydrogen) atoms. The summed E-state index contributed by atoms with van der Waals surface area (Å²) < 4.78 is 15.9. The SMILES string of the molecule is CCCCCCCCCCCCCCCCCC(=O)OCC(COC(=O)CCC[NH3+])OC(=O)CCC[NH3+]. The monoisotopic (exact) mass is 530 g/mol. The minimum Gasteiger partial charge on any atom is -0.462 e. The van der Waals surface area contributed by atoms with Crippen LogP contribution in [-0.4, -0.2) is 50.3 Å². The Balaban J connectivity index is 3.86. The Kier molecular flexibility index (Phi) is 26.1. The number of hydrogen-bond acceptors (Lipinski definition) is 6. The van der Waals surface area contributed by atoms with Crippen LogP contribution in [0, 0.1) is 0 Å². The van der Waals surface area contributed by atoms with Crippen LogP contribution in [0.2, 0.25) is 0 Å². The van der Waals surface area contributed by atoms with Crippen LogP contribution in [0.25, 0.3) is 0 Å². The number of carbonyl (C=O) groups is 3. The molecule has 1 unspecified atom stereocenters. The molecule has 0 aromatic carbocycles. The average Bonchev–Trinajstić information content (AvgIpc) is 2.89. The lowest BCUT2D eigenvalue weighted by Crippen LogP contribution is -2.50. The Morgan fingerprint density at radius 3 is 1.27 bits per heavy atom. The number of ether oxygens (including phenoxy) is 3. The topological polar surface area (TPSA) is 134 Å². The first-order valence-electron chi connectivity index (χ1n) is 15.1. The molecule has 0 rings (SSSR count). The molecule has 0 saturated carbocycles. The predicted octanol–water partition coefficient (Wildman–Crippen LogP) is 4.29. The summed E-state index contributed by atoms with van der Waals surface area (Å²) in [5, 5.41) is 0. The summed E-state index contributed by atoms with van der Waals surface area (Å²) in [6.45, 7) is 3.33. The van der Waals surface area contributed by atoms with Crippen LogP contribution >= 0.6 is 0 Å². The molecule has 0 amide bonds. The quantitative estimate of drug-likeness (QED) is 0.0924. The smallest absolute Gasteiger partial charge is 0.306 e. The first-order valence-corrected chi connectivity index (χ1v) is 15.1. The lowest BCUT2D eigenvalue weighted by Gasteiger charge is -2.18. The normalized spacial score (nSPS) is 11.8. The van der Waals surface area contributed by atoms with E-state index < -0.39 is 12.1 Å². The first-order chi connectivity index (χ1) is 18.0. The van der Waals surface area contributed by atoms with Gasteiger partial charge in [0.2, 0.25) is 0 Å². The third kappa shape index (κ3) is 25.7. The Labute approximate surface area is 225 Å². The van der Waals surface area contributed by atoms with Gasteiger partial charge in [-0.2, -0.15) is 0 Å². The van der Waals surface area contributed by atoms with Crippen molar-refractivity contribution in [2.45, 2.75) is 141 Å². The molecule has 0 spiro atoms. The van der Waals surface area contributed by atoms with Crippen LogP contribution in [0.4, 0.5) is 0 Å². The van der Waals surface area contributed by atoms with Crippen molar-refractivity contribution in [3.05, 3.63) is 0 Å². The highest BCUT2D eigenvalue weighted by molar-refractivity contribution is 5.71. The van der Waals surface area contributed by atoms with Crippen LogP contribution in [-0.2, 0) is 28.6 Å². The van der Waals surface area contributed by atoms with Gasteiger partial charge in [-0.15, -0.1) is 0 Å². The maximum atomic E-state index is 12.1. The zero-order chi connectivity index (χ0) is 27.4. The van der Waals surface area contributed by atoms with E-state index in [0.717, 1.165) is 19.3 Å². The highest BCUT2D eigenvalue weighted by atomic mass is 16.6. The van der Waals surface area contributed by atoms with E-state index in [1.54, 1.807) is 0 Å². The number of esters is 3. The van der Waals surface area contributed by atoms with Crippen molar-refractivity contribution >= 4 is 17.9 Å². The Hall–Kier alpha value is -1.67. The van der Waals surface area contributed by atoms with Gasteiger partial charge < -0.3 is 25.7 Å². The van der Waals surface area contributed by atoms with Crippen molar-refractivity contribution in [2.24, 2.45) is 0 Å². The maximum absolute atomic E-state index is 12.1. The molecule has 0 heterocycles. The van der Waals surface area contributed by atoms with Crippen molar-refractivity contribution in [3.8, 4) is 0 Å². The van der Waals surface area contributed by atoms with Crippen LogP contribution in [0.5, 0.6) is 0 Å². The van der Waals surface area contributed by atoms with Gasteiger partial charge in [0.25, 0.3) is 0 Å². The molecule has 0 aliphatic rings.